The second kappa shape index (κ2) is 4.66. The maximum absolute atomic E-state index is 11.5. The topological polar surface area (TPSA) is 49.8 Å². The van der Waals surface area contributed by atoms with Gasteiger partial charge < -0.3 is 5.32 Å². The van der Waals surface area contributed by atoms with E-state index in [1.165, 1.54) is 12.8 Å². The van der Waals surface area contributed by atoms with Gasteiger partial charge in [-0.05, 0) is 32.2 Å². The molecule has 1 aliphatic heterocycles. The Morgan fingerprint density at radius 3 is 3.07 bits per heavy atom. The Morgan fingerprint density at radius 2 is 2.47 bits per heavy atom. The van der Waals surface area contributed by atoms with Gasteiger partial charge in [0.15, 0.2) is 0 Å². The first kappa shape index (κ1) is 10.5. The van der Waals surface area contributed by atoms with E-state index < -0.39 is 0 Å². The number of hydrogen-bond acceptors (Lipinski definition) is 2. The predicted molar refractivity (Wildman–Crippen MR) is 60.1 cm³/mol. The molecule has 1 atom stereocenters. The molecule has 84 valence electrons. The highest BCUT2D eigenvalue weighted by Crippen LogP contribution is 2.09. The van der Waals surface area contributed by atoms with E-state index in [0.29, 0.717) is 6.04 Å². The maximum Gasteiger partial charge on any atom is 0.266 e. The summed E-state index contributed by atoms with van der Waals surface area (Å²) in [7, 11) is 0. The molecule has 4 nitrogen and oxygen atoms in total. The first-order valence-electron chi connectivity index (χ1n) is 5.81. The predicted octanol–water partition coefficient (Wildman–Crippen LogP) is 0.881. The normalized spacial score (nSPS) is 21.0. The summed E-state index contributed by atoms with van der Waals surface area (Å²) in [5.74, 6) is 0. The van der Waals surface area contributed by atoms with Gasteiger partial charge in [0.2, 0.25) is 0 Å². The van der Waals surface area contributed by atoms with Crippen LogP contribution in [-0.4, -0.2) is 22.4 Å². The Bertz CT molecular complexity index is 360. The van der Waals surface area contributed by atoms with Gasteiger partial charge in [0.1, 0.15) is 0 Å². The minimum absolute atomic E-state index is 0.102. The van der Waals surface area contributed by atoms with Crippen molar-refractivity contribution in [2.24, 2.45) is 0 Å². The van der Waals surface area contributed by atoms with Crippen LogP contribution in [0, 0.1) is 0 Å². The third-order valence-corrected chi connectivity index (χ3v) is 3.09. The molecule has 1 fully saturated rings. The van der Waals surface area contributed by atoms with Crippen molar-refractivity contribution in [2.75, 3.05) is 6.54 Å². The SMILES string of the molecule is CCc1cc(=O)n(CCC2CCCN2)[nH]1. The van der Waals surface area contributed by atoms with E-state index in [2.05, 4.69) is 10.4 Å². The molecule has 1 aromatic heterocycles. The zero-order chi connectivity index (χ0) is 10.7. The van der Waals surface area contributed by atoms with Gasteiger partial charge in [0, 0.05) is 24.3 Å². The molecule has 2 rings (SSSR count). The molecule has 0 spiro atoms. The first-order chi connectivity index (χ1) is 7.29. The lowest BCUT2D eigenvalue weighted by Crippen LogP contribution is -2.25. The van der Waals surface area contributed by atoms with Crippen molar-refractivity contribution < 1.29 is 0 Å². The van der Waals surface area contributed by atoms with E-state index in [1.807, 2.05) is 6.92 Å². The molecule has 0 bridgehead atoms. The number of rotatable bonds is 4. The van der Waals surface area contributed by atoms with Crippen LogP contribution in [0.25, 0.3) is 0 Å². The molecule has 0 aliphatic carbocycles. The van der Waals surface area contributed by atoms with Crippen LogP contribution in [0.2, 0.25) is 0 Å². The third-order valence-electron chi connectivity index (χ3n) is 3.09. The largest absolute Gasteiger partial charge is 0.314 e. The molecule has 15 heavy (non-hydrogen) atoms. The highest BCUT2D eigenvalue weighted by atomic mass is 16.1. The zero-order valence-electron chi connectivity index (χ0n) is 9.25. The van der Waals surface area contributed by atoms with Crippen molar-refractivity contribution in [3.63, 3.8) is 0 Å². The van der Waals surface area contributed by atoms with Gasteiger partial charge >= 0.3 is 0 Å². The number of nitrogens with one attached hydrogen (secondary N) is 2. The Kier molecular flexibility index (Phi) is 3.26. The smallest absolute Gasteiger partial charge is 0.266 e. The van der Waals surface area contributed by atoms with Crippen LogP contribution in [0.1, 0.15) is 31.9 Å². The second-order valence-corrected chi connectivity index (χ2v) is 4.21. The Hall–Kier alpha value is -1.03. The van der Waals surface area contributed by atoms with Crippen molar-refractivity contribution in [2.45, 2.75) is 45.2 Å². The van der Waals surface area contributed by atoms with E-state index in [4.69, 9.17) is 0 Å². The van der Waals surface area contributed by atoms with Gasteiger partial charge in [0.25, 0.3) is 5.56 Å². The summed E-state index contributed by atoms with van der Waals surface area (Å²) in [4.78, 5) is 11.5. The monoisotopic (exact) mass is 209 g/mol. The number of nitrogens with zero attached hydrogens (tertiary/aromatic N) is 1. The first-order valence-corrected chi connectivity index (χ1v) is 5.81. The van der Waals surface area contributed by atoms with Gasteiger partial charge in [0.05, 0.1) is 0 Å². The van der Waals surface area contributed by atoms with Crippen LogP contribution in [-0.2, 0) is 13.0 Å². The lowest BCUT2D eigenvalue weighted by Gasteiger charge is -2.09. The molecular formula is C11H19N3O. The molecule has 1 aromatic rings. The number of aromatic nitrogens is 2. The summed E-state index contributed by atoms with van der Waals surface area (Å²) in [6.07, 6.45) is 4.45. The van der Waals surface area contributed by atoms with E-state index in [0.717, 1.165) is 31.6 Å². The van der Waals surface area contributed by atoms with Crippen molar-refractivity contribution in [3.05, 3.63) is 22.1 Å². The summed E-state index contributed by atoms with van der Waals surface area (Å²) in [6.45, 7) is 3.98. The van der Waals surface area contributed by atoms with Gasteiger partial charge in [-0.3, -0.25) is 14.6 Å². The number of aromatic amines is 1. The van der Waals surface area contributed by atoms with E-state index >= 15 is 0 Å². The molecule has 1 saturated heterocycles. The maximum atomic E-state index is 11.5. The molecule has 2 N–H and O–H groups in total. The van der Waals surface area contributed by atoms with E-state index in [9.17, 15) is 4.79 Å². The van der Waals surface area contributed by atoms with Crippen LogP contribution in [0.15, 0.2) is 10.9 Å². The van der Waals surface area contributed by atoms with E-state index in [-0.39, 0.29) is 5.56 Å². The van der Waals surface area contributed by atoms with Crippen LogP contribution in [0.4, 0.5) is 0 Å². The minimum atomic E-state index is 0.102. The van der Waals surface area contributed by atoms with Crippen molar-refractivity contribution in [1.29, 1.82) is 0 Å². The molecule has 1 aliphatic rings. The molecule has 0 saturated carbocycles. The third kappa shape index (κ3) is 2.50. The fraction of sp³-hybridized carbons (Fsp3) is 0.727. The van der Waals surface area contributed by atoms with Gasteiger partial charge in [-0.25, -0.2) is 0 Å². The lowest BCUT2D eigenvalue weighted by molar-refractivity contribution is 0.472. The molecule has 0 radical (unpaired) electrons. The van der Waals surface area contributed by atoms with E-state index in [1.54, 1.807) is 10.7 Å². The molecule has 0 aromatic carbocycles. The fourth-order valence-corrected chi connectivity index (χ4v) is 2.12. The van der Waals surface area contributed by atoms with Crippen LogP contribution >= 0.6 is 0 Å². The highest BCUT2D eigenvalue weighted by molar-refractivity contribution is 4.98. The molecule has 0 amide bonds. The molecule has 1 unspecified atom stereocenters. The van der Waals surface area contributed by atoms with Gasteiger partial charge in [-0.15, -0.1) is 0 Å². The Balaban J connectivity index is 1.92. The average Bonchev–Trinajstić information content (AvgIpc) is 2.84. The Morgan fingerprint density at radius 1 is 1.60 bits per heavy atom. The van der Waals surface area contributed by atoms with Crippen molar-refractivity contribution in [3.8, 4) is 0 Å². The van der Waals surface area contributed by atoms with Gasteiger partial charge in [-0.2, -0.15) is 0 Å². The summed E-state index contributed by atoms with van der Waals surface area (Å²) < 4.78 is 1.72. The summed E-state index contributed by atoms with van der Waals surface area (Å²) >= 11 is 0. The van der Waals surface area contributed by atoms with Crippen LogP contribution in [0.5, 0.6) is 0 Å². The van der Waals surface area contributed by atoms with Gasteiger partial charge in [-0.1, -0.05) is 6.92 Å². The second-order valence-electron chi connectivity index (χ2n) is 4.21. The van der Waals surface area contributed by atoms with Crippen LogP contribution in [0.3, 0.4) is 0 Å². The van der Waals surface area contributed by atoms with Crippen LogP contribution < -0.4 is 10.9 Å². The highest BCUT2D eigenvalue weighted by Gasteiger charge is 2.14. The number of hydrogen-bond donors (Lipinski definition) is 2. The summed E-state index contributed by atoms with van der Waals surface area (Å²) in [6, 6.07) is 2.30. The quantitative estimate of drug-likeness (QED) is 0.773. The summed E-state index contributed by atoms with van der Waals surface area (Å²) in [5.41, 5.74) is 1.13. The molecular weight excluding hydrogens is 190 g/mol. The minimum Gasteiger partial charge on any atom is -0.314 e. The van der Waals surface area contributed by atoms with Crippen molar-refractivity contribution >= 4 is 0 Å². The molecule has 2 heterocycles. The number of H-pyrrole nitrogens is 1. The Labute approximate surface area is 89.7 Å². The molecule has 4 heteroatoms. The standard InChI is InChI=1S/C11H19N3O/c1-2-9-8-11(15)14(13-9)7-5-10-4-3-6-12-10/h8,10,12-13H,2-7H2,1H3. The average molecular weight is 209 g/mol. The summed E-state index contributed by atoms with van der Waals surface area (Å²) in [5, 5.41) is 6.57. The zero-order valence-corrected chi connectivity index (χ0v) is 9.25. The lowest BCUT2D eigenvalue weighted by atomic mass is 10.2. The fourth-order valence-electron chi connectivity index (χ4n) is 2.12. The van der Waals surface area contributed by atoms with Crippen molar-refractivity contribution in [1.82, 2.24) is 15.1 Å². The number of aryl methyl sites for hydroxylation is 2.